The molecular weight excluding hydrogens is 191 g/mol. The van der Waals surface area contributed by atoms with Crippen LogP contribution in [0.2, 0.25) is 0 Å². The van der Waals surface area contributed by atoms with Gasteiger partial charge in [-0.15, -0.1) is 0 Å². The molecule has 0 heterocycles. The van der Waals surface area contributed by atoms with E-state index in [0.29, 0.717) is 0 Å². The zero-order valence-electron chi connectivity index (χ0n) is 5.29. The van der Waals surface area contributed by atoms with Crippen LogP contribution in [-0.2, 0) is 15.0 Å². The first kappa shape index (κ1) is 13.2. The summed E-state index contributed by atoms with van der Waals surface area (Å²) in [6.07, 6.45) is 0. The highest BCUT2D eigenvalue weighted by Crippen LogP contribution is 2.20. The molecule has 0 aliphatic heterocycles. The average molecular weight is 197 g/mol. The third kappa shape index (κ3) is 7.52. The van der Waals surface area contributed by atoms with Gasteiger partial charge in [-0.3, -0.25) is 4.55 Å². The number of halogens is 3. The minimum atomic E-state index is -5.84. The van der Waals surface area contributed by atoms with Crippen LogP contribution in [0.3, 0.4) is 0 Å². The SMILES string of the molecule is CON.O=S(=O)(O)C(F)(F)F. The van der Waals surface area contributed by atoms with Crippen molar-refractivity contribution in [3.8, 4) is 0 Å². The van der Waals surface area contributed by atoms with Gasteiger partial charge in [0.2, 0.25) is 0 Å². The highest BCUT2D eigenvalue weighted by molar-refractivity contribution is 7.86. The van der Waals surface area contributed by atoms with Crippen molar-refractivity contribution in [2.75, 3.05) is 7.11 Å². The normalized spacial score (nSPS) is 11.8. The Morgan fingerprint density at radius 2 is 1.55 bits per heavy atom. The Hall–Kier alpha value is -0.380. The van der Waals surface area contributed by atoms with Gasteiger partial charge in [0.05, 0.1) is 7.11 Å². The first-order valence-corrected chi connectivity index (χ1v) is 3.37. The second-order valence-electron chi connectivity index (χ2n) is 1.16. The van der Waals surface area contributed by atoms with Gasteiger partial charge in [0, 0.05) is 0 Å². The van der Waals surface area contributed by atoms with Crippen LogP contribution >= 0.6 is 0 Å². The third-order valence-corrected chi connectivity index (χ3v) is 0.877. The summed E-state index contributed by atoms with van der Waals surface area (Å²) >= 11 is 0. The van der Waals surface area contributed by atoms with E-state index in [1.807, 2.05) is 0 Å². The number of rotatable bonds is 0. The van der Waals surface area contributed by atoms with Crippen LogP contribution in [0.1, 0.15) is 0 Å². The van der Waals surface area contributed by atoms with Crippen molar-refractivity contribution in [1.29, 1.82) is 0 Å². The van der Waals surface area contributed by atoms with Gasteiger partial charge in [-0.25, -0.2) is 5.90 Å². The van der Waals surface area contributed by atoms with Gasteiger partial charge in [0.15, 0.2) is 0 Å². The first-order valence-electron chi connectivity index (χ1n) is 1.93. The number of nitrogens with two attached hydrogens (primary N) is 1. The van der Waals surface area contributed by atoms with E-state index < -0.39 is 15.6 Å². The van der Waals surface area contributed by atoms with Crippen LogP contribution < -0.4 is 5.90 Å². The van der Waals surface area contributed by atoms with Crippen LogP contribution in [0.15, 0.2) is 0 Å². The molecule has 0 rings (SSSR count). The summed E-state index contributed by atoms with van der Waals surface area (Å²) in [4.78, 5) is 3.75. The summed E-state index contributed by atoms with van der Waals surface area (Å²) in [6, 6.07) is 0. The summed E-state index contributed by atoms with van der Waals surface area (Å²) in [5.74, 6) is 4.35. The maximum absolute atomic E-state index is 10.7. The molecule has 0 saturated carbocycles. The molecule has 0 aliphatic rings. The molecule has 0 aliphatic carbocycles. The summed E-state index contributed by atoms with van der Waals surface area (Å²) in [7, 11) is -4.44. The summed E-state index contributed by atoms with van der Waals surface area (Å²) < 4.78 is 57.5. The topological polar surface area (TPSA) is 89.6 Å². The second-order valence-corrected chi connectivity index (χ2v) is 2.57. The molecule has 0 aromatic rings. The van der Waals surface area contributed by atoms with Crippen molar-refractivity contribution in [3.63, 3.8) is 0 Å². The van der Waals surface area contributed by atoms with Crippen molar-refractivity contribution < 1.29 is 31.0 Å². The zero-order valence-corrected chi connectivity index (χ0v) is 6.11. The Morgan fingerprint density at radius 1 is 1.45 bits per heavy atom. The first-order chi connectivity index (χ1) is 4.66. The molecule has 11 heavy (non-hydrogen) atoms. The fourth-order valence-electron chi connectivity index (χ4n) is 0. The quantitative estimate of drug-likeness (QED) is 0.321. The van der Waals surface area contributed by atoms with E-state index >= 15 is 0 Å². The molecule has 0 spiro atoms. The van der Waals surface area contributed by atoms with Gasteiger partial charge in [-0.2, -0.15) is 21.6 Å². The minimum absolute atomic E-state index is 1.40. The predicted octanol–water partition coefficient (Wildman–Crippen LogP) is -0.0995. The van der Waals surface area contributed by atoms with Crippen molar-refractivity contribution in [2.24, 2.45) is 5.90 Å². The lowest BCUT2D eigenvalue weighted by Crippen LogP contribution is -2.21. The molecule has 0 unspecified atom stereocenters. The van der Waals surface area contributed by atoms with Gasteiger partial charge in [-0.05, 0) is 0 Å². The Morgan fingerprint density at radius 3 is 1.55 bits per heavy atom. The largest absolute Gasteiger partial charge is 0.522 e. The molecule has 9 heteroatoms. The average Bonchev–Trinajstić information content (AvgIpc) is 1.60. The second kappa shape index (κ2) is 4.49. The molecule has 0 aromatic heterocycles. The van der Waals surface area contributed by atoms with E-state index in [2.05, 4.69) is 10.7 Å². The third-order valence-electron chi connectivity index (χ3n) is 0.292. The van der Waals surface area contributed by atoms with E-state index in [4.69, 9.17) is 13.0 Å². The van der Waals surface area contributed by atoms with Crippen molar-refractivity contribution >= 4 is 10.1 Å². The van der Waals surface area contributed by atoms with Crippen molar-refractivity contribution in [2.45, 2.75) is 5.51 Å². The number of alkyl halides is 3. The van der Waals surface area contributed by atoms with Gasteiger partial charge >= 0.3 is 15.6 Å². The van der Waals surface area contributed by atoms with E-state index in [0.717, 1.165) is 0 Å². The molecule has 5 nitrogen and oxygen atoms in total. The van der Waals surface area contributed by atoms with Crippen molar-refractivity contribution in [3.05, 3.63) is 0 Å². The molecule has 0 radical (unpaired) electrons. The molecule has 0 amide bonds. The highest BCUT2D eigenvalue weighted by Gasteiger charge is 2.44. The molecule has 0 bridgehead atoms. The van der Waals surface area contributed by atoms with Gasteiger partial charge < -0.3 is 4.84 Å². The molecule has 0 aromatic carbocycles. The molecule has 70 valence electrons. The molecule has 0 atom stereocenters. The maximum Gasteiger partial charge on any atom is 0.522 e. The van der Waals surface area contributed by atoms with Gasteiger partial charge in [0.1, 0.15) is 0 Å². The lowest BCUT2D eigenvalue weighted by atomic mass is 11.6. The van der Waals surface area contributed by atoms with E-state index in [9.17, 15) is 13.2 Å². The Kier molecular flexibility index (Phi) is 5.40. The lowest BCUT2D eigenvalue weighted by Gasteiger charge is -1.97. The predicted molar refractivity (Wildman–Crippen MR) is 28.8 cm³/mol. The van der Waals surface area contributed by atoms with Crippen LogP contribution in [0.25, 0.3) is 0 Å². The molecule has 3 N–H and O–H groups in total. The molecule has 0 fully saturated rings. The highest BCUT2D eigenvalue weighted by atomic mass is 32.2. The van der Waals surface area contributed by atoms with Gasteiger partial charge in [-0.1, -0.05) is 0 Å². The number of hydrogen-bond donors (Lipinski definition) is 2. The monoisotopic (exact) mass is 197 g/mol. The smallest absolute Gasteiger partial charge is 0.308 e. The maximum atomic E-state index is 10.7. The lowest BCUT2D eigenvalue weighted by molar-refractivity contribution is -0.0510. The zero-order chi connectivity index (χ0) is 9.71. The van der Waals surface area contributed by atoms with Crippen LogP contribution in [-0.4, -0.2) is 25.6 Å². The van der Waals surface area contributed by atoms with E-state index in [1.54, 1.807) is 0 Å². The molecule has 0 saturated heterocycles. The minimum Gasteiger partial charge on any atom is -0.308 e. The fourth-order valence-corrected chi connectivity index (χ4v) is 0. The Bertz CT molecular complexity index is 184. The summed E-state index contributed by atoms with van der Waals surface area (Å²) in [6.45, 7) is 0. The fraction of sp³-hybridized carbons (Fsp3) is 1.00. The molecular formula is C2H6F3NO4S. The van der Waals surface area contributed by atoms with Crippen molar-refractivity contribution in [1.82, 2.24) is 0 Å². The Balaban J connectivity index is 0. The standard InChI is InChI=1S/CHF3O3S.CH5NO/c2-1(3,4)8(5,6)7;1-3-2/h(H,5,6,7);2H2,1H3. The number of hydrogen-bond acceptors (Lipinski definition) is 4. The van der Waals surface area contributed by atoms with Gasteiger partial charge in [0.25, 0.3) is 0 Å². The summed E-state index contributed by atoms with van der Waals surface area (Å²) in [5, 5.41) is 0. The van der Waals surface area contributed by atoms with Crippen LogP contribution in [0, 0.1) is 0 Å². The summed E-state index contributed by atoms with van der Waals surface area (Å²) in [5.41, 5.74) is -5.53. The van der Waals surface area contributed by atoms with E-state index in [-0.39, 0.29) is 0 Å². The van der Waals surface area contributed by atoms with Crippen LogP contribution in [0.5, 0.6) is 0 Å². The van der Waals surface area contributed by atoms with E-state index in [1.165, 1.54) is 7.11 Å². The van der Waals surface area contributed by atoms with Crippen LogP contribution in [0.4, 0.5) is 13.2 Å². The Labute approximate surface area is 60.6 Å².